The number of rotatable bonds is 6. The molecule has 6 aliphatic carbocycles. The first-order valence-corrected chi connectivity index (χ1v) is 12.5. The second kappa shape index (κ2) is 7.07. The van der Waals surface area contributed by atoms with Crippen LogP contribution in [0.2, 0.25) is 0 Å². The number of benzene rings is 1. The Labute approximate surface area is 180 Å². The van der Waals surface area contributed by atoms with Crippen LogP contribution >= 0.6 is 0 Å². The number of carbonyl (C=O) groups excluding carboxylic acids is 1. The molecule has 7 rings (SSSR count). The molecule has 0 saturated heterocycles. The number of ether oxygens (including phenoxy) is 1. The van der Waals surface area contributed by atoms with Crippen molar-refractivity contribution in [3.05, 3.63) is 29.1 Å². The van der Waals surface area contributed by atoms with E-state index in [0.29, 0.717) is 22.8 Å². The van der Waals surface area contributed by atoms with Gasteiger partial charge in [-0.1, -0.05) is 6.92 Å². The van der Waals surface area contributed by atoms with E-state index in [1.807, 2.05) is 6.07 Å². The number of hydrogen-bond donors (Lipinski definition) is 0. The molecule has 0 amide bonds. The Kier molecular flexibility index (Phi) is 4.55. The van der Waals surface area contributed by atoms with Gasteiger partial charge in [-0.05, 0) is 112 Å². The molecule has 3 heteroatoms. The zero-order chi connectivity index (χ0) is 20.5. The van der Waals surface area contributed by atoms with Crippen molar-refractivity contribution >= 4 is 5.78 Å². The molecule has 0 spiro atoms. The van der Waals surface area contributed by atoms with E-state index in [1.165, 1.54) is 38.5 Å². The van der Waals surface area contributed by atoms with Gasteiger partial charge in [0.25, 0.3) is 0 Å². The van der Waals surface area contributed by atoms with E-state index in [2.05, 4.69) is 6.92 Å². The Morgan fingerprint density at radius 3 is 2.23 bits per heavy atom. The second-order valence-electron chi connectivity index (χ2n) is 11.8. The molecular formula is C27H35FO2. The van der Waals surface area contributed by atoms with Gasteiger partial charge in [-0.2, -0.15) is 0 Å². The van der Waals surface area contributed by atoms with Crippen molar-refractivity contribution in [2.45, 2.75) is 83.5 Å². The lowest BCUT2D eigenvalue weighted by Gasteiger charge is -2.56. The van der Waals surface area contributed by atoms with Crippen molar-refractivity contribution < 1.29 is 13.9 Å². The Morgan fingerprint density at radius 2 is 1.67 bits per heavy atom. The molecule has 0 radical (unpaired) electrons. The van der Waals surface area contributed by atoms with Gasteiger partial charge in [-0.25, -0.2) is 4.39 Å². The van der Waals surface area contributed by atoms with Gasteiger partial charge < -0.3 is 4.74 Å². The second-order valence-corrected chi connectivity index (χ2v) is 11.8. The van der Waals surface area contributed by atoms with E-state index in [-0.39, 0.29) is 17.5 Å². The minimum absolute atomic E-state index is 0.000321. The summed E-state index contributed by atoms with van der Waals surface area (Å²) < 4.78 is 21.5. The fourth-order valence-corrected chi connectivity index (χ4v) is 7.96. The quantitative estimate of drug-likeness (QED) is 0.476. The Balaban J connectivity index is 1.23. The molecule has 1 aromatic carbocycles. The molecule has 162 valence electrons. The van der Waals surface area contributed by atoms with Gasteiger partial charge in [0.1, 0.15) is 11.6 Å². The minimum Gasteiger partial charge on any atom is -0.493 e. The van der Waals surface area contributed by atoms with Gasteiger partial charge in [0.05, 0.1) is 12.2 Å². The number of Topliss-reactive ketones (excluding diaryl/α,β-unsaturated/α-hetero) is 1. The van der Waals surface area contributed by atoms with Crippen molar-refractivity contribution in [2.75, 3.05) is 6.61 Å². The largest absolute Gasteiger partial charge is 0.493 e. The van der Waals surface area contributed by atoms with E-state index < -0.39 is 0 Å². The summed E-state index contributed by atoms with van der Waals surface area (Å²) in [6, 6.07) is 3.42. The van der Waals surface area contributed by atoms with E-state index in [9.17, 15) is 4.79 Å². The molecule has 6 fully saturated rings. The number of hydrogen-bond acceptors (Lipinski definition) is 2. The fourth-order valence-electron chi connectivity index (χ4n) is 7.96. The predicted octanol–water partition coefficient (Wildman–Crippen LogP) is 6.92. The lowest BCUT2D eigenvalue weighted by Crippen LogP contribution is -2.48. The van der Waals surface area contributed by atoms with Crippen LogP contribution in [0.5, 0.6) is 5.75 Å². The van der Waals surface area contributed by atoms with Crippen molar-refractivity contribution in [3.63, 3.8) is 0 Å². The monoisotopic (exact) mass is 410 g/mol. The van der Waals surface area contributed by atoms with Crippen LogP contribution < -0.4 is 4.74 Å². The highest BCUT2D eigenvalue weighted by atomic mass is 19.1. The average Bonchev–Trinajstić information content (AvgIpc) is 3.45. The van der Waals surface area contributed by atoms with Crippen LogP contribution in [-0.4, -0.2) is 12.4 Å². The molecule has 2 nitrogen and oxygen atoms in total. The molecule has 0 unspecified atom stereocenters. The molecule has 4 bridgehead atoms. The highest BCUT2D eigenvalue weighted by Gasteiger charge is 2.51. The molecule has 1 aromatic rings. The lowest BCUT2D eigenvalue weighted by atomic mass is 9.50. The molecule has 30 heavy (non-hydrogen) atoms. The van der Waals surface area contributed by atoms with Crippen molar-refractivity contribution in [1.29, 1.82) is 0 Å². The number of carbonyl (C=O) groups is 1. The van der Waals surface area contributed by atoms with Crippen LogP contribution in [-0.2, 0) is 0 Å². The molecule has 6 saturated carbocycles. The predicted molar refractivity (Wildman–Crippen MR) is 115 cm³/mol. The Hall–Kier alpha value is -1.38. The highest BCUT2D eigenvalue weighted by Crippen LogP contribution is 2.60. The Bertz CT molecular complexity index is 819. The molecular weight excluding hydrogens is 375 g/mol. The summed E-state index contributed by atoms with van der Waals surface area (Å²) in [5.41, 5.74) is 1.73. The van der Waals surface area contributed by atoms with Crippen molar-refractivity contribution in [2.24, 2.45) is 35.0 Å². The van der Waals surface area contributed by atoms with E-state index in [4.69, 9.17) is 4.74 Å². The SMILES string of the molecule is C[C@H]1CC[C@@H](C(=O)c2cc(C3CC3)c(OCC34CC5CC(CC(C5)C3)C4)cc2F)C1. The average molecular weight is 411 g/mol. The van der Waals surface area contributed by atoms with Gasteiger partial charge in [-0.15, -0.1) is 0 Å². The summed E-state index contributed by atoms with van der Waals surface area (Å²) in [5.74, 6) is 4.09. The molecule has 6 aliphatic rings. The summed E-state index contributed by atoms with van der Waals surface area (Å²) in [6.07, 6.45) is 13.3. The van der Waals surface area contributed by atoms with Crippen LogP contribution in [0.25, 0.3) is 0 Å². The molecule has 0 heterocycles. The van der Waals surface area contributed by atoms with Gasteiger partial charge in [0.15, 0.2) is 5.78 Å². The van der Waals surface area contributed by atoms with Crippen LogP contribution in [0.3, 0.4) is 0 Å². The summed E-state index contributed by atoms with van der Waals surface area (Å²) in [6.45, 7) is 2.93. The minimum atomic E-state index is -0.371. The van der Waals surface area contributed by atoms with Crippen LogP contribution in [0, 0.1) is 40.8 Å². The highest BCUT2D eigenvalue weighted by molar-refractivity contribution is 5.98. The zero-order valence-corrected chi connectivity index (χ0v) is 18.3. The molecule has 0 N–H and O–H groups in total. The smallest absolute Gasteiger partial charge is 0.168 e. The summed E-state index contributed by atoms with van der Waals surface area (Å²) in [7, 11) is 0. The molecule has 0 aromatic heterocycles. The molecule has 2 atom stereocenters. The van der Waals surface area contributed by atoms with E-state index in [1.54, 1.807) is 6.07 Å². The van der Waals surface area contributed by atoms with Crippen LogP contribution in [0.4, 0.5) is 4.39 Å². The maximum atomic E-state index is 15.1. The number of ketones is 1. The Morgan fingerprint density at radius 1 is 1.00 bits per heavy atom. The van der Waals surface area contributed by atoms with Gasteiger partial charge in [-0.3, -0.25) is 4.79 Å². The van der Waals surface area contributed by atoms with Crippen molar-refractivity contribution in [3.8, 4) is 5.75 Å². The third-order valence-corrected chi connectivity index (χ3v) is 9.15. The standard InChI is InChI=1S/C27H35FO2/c1-16-2-3-21(6-16)26(29)23-10-22(20-4-5-20)25(11-24(23)28)30-15-27-12-17-7-18(13-27)9-19(8-17)14-27/h10-11,16-21H,2-9,12-15H2,1H3/t16-,17?,18?,19?,21+,27?/m0/s1. The maximum absolute atomic E-state index is 15.1. The summed E-state index contributed by atoms with van der Waals surface area (Å²) in [5, 5.41) is 0. The maximum Gasteiger partial charge on any atom is 0.168 e. The van der Waals surface area contributed by atoms with Gasteiger partial charge in [0, 0.05) is 17.4 Å². The van der Waals surface area contributed by atoms with Crippen LogP contribution in [0.15, 0.2) is 12.1 Å². The third kappa shape index (κ3) is 3.41. The third-order valence-electron chi connectivity index (χ3n) is 9.15. The van der Waals surface area contributed by atoms with E-state index in [0.717, 1.165) is 67.8 Å². The summed E-state index contributed by atoms with van der Waals surface area (Å²) >= 11 is 0. The fraction of sp³-hybridized carbons (Fsp3) is 0.741. The van der Waals surface area contributed by atoms with Crippen molar-refractivity contribution in [1.82, 2.24) is 0 Å². The lowest BCUT2D eigenvalue weighted by molar-refractivity contribution is -0.0747. The first kappa shape index (κ1) is 19.3. The van der Waals surface area contributed by atoms with E-state index >= 15 is 4.39 Å². The summed E-state index contributed by atoms with van der Waals surface area (Å²) in [4.78, 5) is 13.0. The van der Waals surface area contributed by atoms with Gasteiger partial charge in [0.2, 0.25) is 0 Å². The molecule has 0 aliphatic heterocycles. The van der Waals surface area contributed by atoms with Gasteiger partial charge >= 0.3 is 0 Å². The first-order chi connectivity index (χ1) is 14.5. The first-order valence-electron chi connectivity index (χ1n) is 12.5. The normalized spacial score (nSPS) is 39.5. The zero-order valence-electron chi connectivity index (χ0n) is 18.3. The topological polar surface area (TPSA) is 26.3 Å². The number of halogens is 1. The van der Waals surface area contributed by atoms with Crippen LogP contribution in [0.1, 0.15) is 99.4 Å².